The predicted molar refractivity (Wildman–Crippen MR) is 54.7 cm³/mol. The summed E-state index contributed by atoms with van der Waals surface area (Å²) in [4.78, 5) is 5.67. The molecular weight excluding hydrogens is 196 g/mol. The van der Waals surface area contributed by atoms with Crippen molar-refractivity contribution in [3.8, 4) is 0 Å². The molecule has 0 bridgehead atoms. The van der Waals surface area contributed by atoms with Gasteiger partial charge in [-0.3, -0.25) is 0 Å². The quantitative estimate of drug-likeness (QED) is 0.666. The summed E-state index contributed by atoms with van der Waals surface area (Å²) in [5.74, 6) is 0. The van der Waals surface area contributed by atoms with E-state index in [-0.39, 0.29) is 12.2 Å². The van der Waals surface area contributed by atoms with Crippen LogP contribution in [0.1, 0.15) is 25.7 Å². The Labute approximate surface area is 90.1 Å². The second kappa shape index (κ2) is 5.23. The molecule has 0 unspecified atom stereocenters. The summed E-state index contributed by atoms with van der Waals surface area (Å²) in [6.45, 7) is 3.17. The maximum Gasteiger partial charge on any atom is 0.0566 e. The predicted octanol–water partition coefficient (Wildman–Crippen LogP) is -0.254. The third kappa shape index (κ3) is 3.39. The lowest BCUT2D eigenvalue weighted by atomic mass is 10.1. The van der Waals surface area contributed by atoms with E-state index < -0.39 is 0 Å². The summed E-state index contributed by atoms with van der Waals surface area (Å²) in [7, 11) is 0. The largest absolute Gasteiger partial charge is 0.393 e. The molecule has 0 atom stereocenters. The smallest absolute Gasteiger partial charge is 0.0566 e. The van der Waals surface area contributed by atoms with E-state index in [1.165, 1.54) is 0 Å². The van der Waals surface area contributed by atoms with Crippen molar-refractivity contribution in [2.75, 3.05) is 26.2 Å². The zero-order valence-electron chi connectivity index (χ0n) is 9.01. The molecule has 2 aliphatic rings. The fourth-order valence-corrected chi connectivity index (χ4v) is 2.01. The van der Waals surface area contributed by atoms with Crippen molar-refractivity contribution in [1.82, 2.24) is 10.1 Å². The second-order valence-corrected chi connectivity index (χ2v) is 4.40. The summed E-state index contributed by atoms with van der Waals surface area (Å²) in [5, 5.41) is 22.5. The van der Waals surface area contributed by atoms with Gasteiger partial charge < -0.3 is 10.2 Å². The Balaban J connectivity index is 1.68. The number of aliphatic hydroxyl groups excluding tert-OH is 2. The number of rotatable bonds is 2. The maximum atomic E-state index is 9.34. The molecule has 2 heterocycles. The highest BCUT2D eigenvalue weighted by Gasteiger charge is 2.23. The molecule has 88 valence electrons. The lowest BCUT2D eigenvalue weighted by molar-refractivity contribution is -0.339. The van der Waals surface area contributed by atoms with Gasteiger partial charge in [0.25, 0.3) is 0 Å². The van der Waals surface area contributed by atoms with Crippen molar-refractivity contribution in [3.05, 3.63) is 0 Å². The van der Waals surface area contributed by atoms with E-state index in [0.29, 0.717) is 0 Å². The van der Waals surface area contributed by atoms with E-state index in [2.05, 4.69) is 0 Å². The average molecular weight is 216 g/mol. The van der Waals surface area contributed by atoms with Crippen molar-refractivity contribution in [1.29, 1.82) is 0 Å². The highest BCUT2D eigenvalue weighted by Crippen LogP contribution is 2.15. The van der Waals surface area contributed by atoms with E-state index in [0.717, 1.165) is 51.9 Å². The zero-order valence-corrected chi connectivity index (χ0v) is 9.01. The Hall–Kier alpha value is -0.200. The van der Waals surface area contributed by atoms with Gasteiger partial charge in [-0.05, 0) is 25.7 Å². The van der Waals surface area contributed by atoms with Crippen LogP contribution in [0, 0.1) is 0 Å². The Morgan fingerprint density at radius 1 is 0.733 bits per heavy atom. The molecule has 2 aliphatic heterocycles. The standard InChI is InChI=1S/C10H20N2O3/c13-9-1-5-11(6-2-9)15-12-7-3-10(14)4-8-12/h9-10,13-14H,1-8H2. The van der Waals surface area contributed by atoms with Crippen LogP contribution in [0.5, 0.6) is 0 Å². The molecule has 0 aromatic rings. The molecule has 5 nitrogen and oxygen atoms in total. The fraction of sp³-hybridized carbons (Fsp3) is 1.00. The highest BCUT2D eigenvalue weighted by molar-refractivity contribution is 4.68. The van der Waals surface area contributed by atoms with Crippen LogP contribution >= 0.6 is 0 Å². The van der Waals surface area contributed by atoms with Gasteiger partial charge in [0, 0.05) is 26.2 Å². The molecule has 0 aliphatic carbocycles. The zero-order chi connectivity index (χ0) is 10.7. The Morgan fingerprint density at radius 3 is 1.40 bits per heavy atom. The molecular formula is C10H20N2O3. The first-order chi connectivity index (χ1) is 7.24. The molecule has 0 radical (unpaired) electrons. The monoisotopic (exact) mass is 216 g/mol. The van der Waals surface area contributed by atoms with Crippen LogP contribution < -0.4 is 0 Å². The summed E-state index contributed by atoms with van der Waals surface area (Å²) in [6, 6.07) is 0. The summed E-state index contributed by atoms with van der Waals surface area (Å²) >= 11 is 0. The number of hydroxylamine groups is 4. The topological polar surface area (TPSA) is 56.2 Å². The van der Waals surface area contributed by atoms with Crippen LogP contribution in [-0.4, -0.2) is 58.7 Å². The first-order valence-electron chi connectivity index (χ1n) is 5.78. The van der Waals surface area contributed by atoms with Crippen LogP contribution in [0.4, 0.5) is 0 Å². The van der Waals surface area contributed by atoms with Crippen LogP contribution in [0.15, 0.2) is 0 Å². The van der Waals surface area contributed by atoms with Crippen molar-refractivity contribution < 1.29 is 15.2 Å². The van der Waals surface area contributed by atoms with Crippen molar-refractivity contribution in [2.45, 2.75) is 37.9 Å². The van der Waals surface area contributed by atoms with Gasteiger partial charge in [0.15, 0.2) is 0 Å². The SMILES string of the molecule is OC1CCN(ON2CCC(O)CC2)CC1. The summed E-state index contributed by atoms with van der Waals surface area (Å²) < 4.78 is 0. The van der Waals surface area contributed by atoms with Gasteiger partial charge in [0.05, 0.1) is 12.2 Å². The lowest BCUT2D eigenvalue weighted by Crippen LogP contribution is -2.44. The van der Waals surface area contributed by atoms with Gasteiger partial charge in [0.2, 0.25) is 0 Å². The van der Waals surface area contributed by atoms with E-state index in [1.807, 2.05) is 10.1 Å². The molecule has 0 aromatic heterocycles. The van der Waals surface area contributed by atoms with Crippen molar-refractivity contribution >= 4 is 0 Å². The van der Waals surface area contributed by atoms with Crippen LogP contribution in [0.25, 0.3) is 0 Å². The number of aliphatic hydroxyl groups is 2. The van der Waals surface area contributed by atoms with E-state index in [9.17, 15) is 10.2 Å². The Bertz CT molecular complexity index is 167. The van der Waals surface area contributed by atoms with Gasteiger partial charge in [-0.25, -0.2) is 4.94 Å². The third-order valence-electron chi connectivity index (χ3n) is 3.08. The number of hydrogen-bond acceptors (Lipinski definition) is 5. The Kier molecular flexibility index (Phi) is 3.93. The number of nitrogens with zero attached hydrogens (tertiary/aromatic N) is 2. The van der Waals surface area contributed by atoms with Crippen LogP contribution in [0.2, 0.25) is 0 Å². The molecule has 2 fully saturated rings. The number of piperidine rings is 2. The number of hydrogen-bond donors (Lipinski definition) is 2. The molecule has 0 amide bonds. The van der Waals surface area contributed by atoms with Gasteiger partial charge in [0.1, 0.15) is 0 Å². The fourth-order valence-electron chi connectivity index (χ4n) is 2.01. The van der Waals surface area contributed by atoms with Gasteiger partial charge >= 0.3 is 0 Å². The average Bonchev–Trinajstić information content (AvgIpc) is 2.25. The summed E-state index contributed by atoms with van der Waals surface area (Å²) in [6.07, 6.45) is 2.83. The maximum absolute atomic E-state index is 9.34. The minimum absolute atomic E-state index is 0.159. The first kappa shape index (κ1) is 11.3. The van der Waals surface area contributed by atoms with Crippen molar-refractivity contribution in [2.24, 2.45) is 0 Å². The molecule has 2 saturated heterocycles. The van der Waals surface area contributed by atoms with Gasteiger partial charge in [-0.15, -0.1) is 0 Å². The third-order valence-corrected chi connectivity index (χ3v) is 3.08. The molecule has 0 aromatic carbocycles. The molecule has 0 saturated carbocycles. The van der Waals surface area contributed by atoms with Crippen molar-refractivity contribution in [3.63, 3.8) is 0 Å². The second-order valence-electron chi connectivity index (χ2n) is 4.40. The van der Waals surface area contributed by atoms with E-state index >= 15 is 0 Å². The molecule has 2 N–H and O–H groups in total. The van der Waals surface area contributed by atoms with Gasteiger partial charge in [-0.2, -0.15) is 10.1 Å². The highest BCUT2D eigenvalue weighted by atomic mass is 16.8. The van der Waals surface area contributed by atoms with Crippen LogP contribution in [0.3, 0.4) is 0 Å². The van der Waals surface area contributed by atoms with Gasteiger partial charge in [-0.1, -0.05) is 0 Å². The molecule has 15 heavy (non-hydrogen) atoms. The summed E-state index contributed by atoms with van der Waals surface area (Å²) in [5.41, 5.74) is 0. The molecule has 0 spiro atoms. The van der Waals surface area contributed by atoms with Crippen LogP contribution in [-0.2, 0) is 4.94 Å². The normalized spacial score (nSPS) is 28.4. The molecule has 5 heteroatoms. The van der Waals surface area contributed by atoms with E-state index in [1.54, 1.807) is 0 Å². The minimum Gasteiger partial charge on any atom is -0.393 e. The molecule has 2 rings (SSSR count). The first-order valence-corrected chi connectivity index (χ1v) is 5.78. The minimum atomic E-state index is -0.159. The lowest BCUT2D eigenvalue weighted by Gasteiger charge is -2.35. The van der Waals surface area contributed by atoms with E-state index in [4.69, 9.17) is 4.94 Å². The Morgan fingerprint density at radius 2 is 1.07 bits per heavy atom.